The number of hydrogen-bond acceptors (Lipinski definition) is 5. The number of halogens is 2. The van der Waals surface area contributed by atoms with Gasteiger partial charge >= 0.3 is 0 Å². The second-order valence-corrected chi connectivity index (χ2v) is 7.04. The third-order valence-electron chi connectivity index (χ3n) is 4.70. The molecular formula is C20H23F2N5O4. The van der Waals surface area contributed by atoms with E-state index in [4.69, 9.17) is 4.74 Å². The molecule has 1 aromatic carbocycles. The third-order valence-corrected chi connectivity index (χ3v) is 4.70. The first-order chi connectivity index (χ1) is 14.9. The molecule has 2 aromatic rings. The molecule has 11 heteroatoms. The van der Waals surface area contributed by atoms with Crippen LogP contribution in [-0.2, 0) is 20.7 Å². The molecule has 1 saturated heterocycles. The fraction of sp³-hybridized carbons (Fsp3) is 0.400. The van der Waals surface area contributed by atoms with E-state index in [-0.39, 0.29) is 35.8 Å². The first-order valence-electron chi connectivity index (χ1n) is 9.83. The number of aromatic amines is 1. The maximum Gasteiger partial charge on any atom is 0.272 e. The number of amides is 3. The van der Waals surface area contributed by atoms with E-state index in [1.54, 1.807) is 11.8 Å². The number of carbonyl (C=O) groups is 3. The van der Waals surface area contributed by atoms with Gasteiger partial charge in [-0.15, -0.1) is 0 Å². The molecule has 31 heavy (non-hydrogen) atoms. The number of ether oxygens (including phenoxy) is 1. The van der Waals surface area contributed by atoms with Crippen LogP contribution >= 0.6 is 0 Å². The molecule has 9 nitrogen and oxygen atoms in total. The lowest BCUT2D eigenvalue weighted by atomic mass is 10.1. The van der Waals surface area contributed by atoms with Crippen molar-refractivity contribution in [2.24, 2.45) is 0 Å². The number of H-pyrrole nitrogens is 1. The highest BCUT2D eigenvalue weighted by atomic mass is 19.1. The highest BCUT2D eigenvalue weighted by molar-refractivity contribution is 5.98. The topological polar surface area (TPSA) is 116 Å². The summed E-state index contributed by atoms with van der Waals surface area (Å²) in [5.41, 5.74) is 0.381. The minimum Gasteiger partial charge on any atom is -0.378 e. The summed E-state index contributed by atoms with van der Waals surface area (Å²) < 4.78 is 31.8. The van der Waals surface area contributed by atoms with E-state index in [1.807, 2.05) is 0 Å². The van der Waals surface area contributed by atoms with Crippen LogP contribution in [0.1, 0.15) is 29.4 Å². The zero-order valence-corrected chi connectivity index (χ0v) is 16.9. The van der Waals surface area contributed by atoms with Crippen LogP contribution < -0.4 is 10.6 Å². The van der Waals surface area contributed by atoms with Crippen molar-refractivity contribution in [3.8, 4) is 0 Å². The lowest BCUT2D eigenvalue weighted by molar-refractivity contribution is -0.126. The Morgan fingerprint density at radius 1 is 1.16 bits per heavy atom. The van der Waals surface area contributed by atoms with Crippen molar-refractivity contribution in [2.45, 2.75) is 25.8 Å². The van der Waals surface area contributed by atoms with E-state index in [0.29, 0.717) is 32.4 Å². The van der Waals surface area contributed by atoms with Gasteiger partial charge in [0.2, 0.25) is 11.8 Å². The predicted octanol–water partition coefficient (Wildman–Crippen LogP) is 1.24. The SMILES string of the molecule is CCC(NC(=O)Cc1cc(F)cc(F)c1)C(=O)Nc1cc(C(=O)N2CCOCC2)[nH]n1. The maximum atomic E-state index is 13.3. The lowest BCUT2D eigenvalue weighted by Gasteiger charge is -2.26. The van der Waals surface area contributed by atoms with Crippen LogP contribution in [0.25, 0.3) is 0 Å². The van der Waals surface area contributed by atoms with Gasteiger partial charge in [0.1, 0.15) is 23.4 Å². The monoisotopic (exact) mass is 435 g/mol. The van der Waals surface area contributed by atoms with Gasteiger partial charge in [0.15, 0.2) is 5.82 Å². The Morgan fingerprint density at radius 3 is 2.48 bits per heavy atom. The molecule has 0 saturated carbocycles. The molecule has 166 valence electrons. The highest BCUT2D eigenvalue weighted by Gasteiger charge is 2.23. The van der Waals surface area contributed by atoms with Gasteiger partial charge in [-0.2, -0.15) is 5.10 Å². The van der Waals surface area contributed by atoms with Crippen LogP contribution in [0.4, 0.5) is 14.6 Å². The molecule has 0 spiro atoms. The Hall–Kier alpha value is -3.34. The number of nitrogens with one attached hydrogen (secondary N) is 3. The van der Waals surface area contributed by atoms with Crippen molar-refractivity contribution in [2.75, 3.05) is 31.6 Å². The molecule has 0 bridgehead atoms. The van der Waals surface area contributed by atoms with Crippen molar-refractivity contribution in [1.82, 2.24) is 20.4 Å². The van der Waals surface area contributed by atoms with Gasteiger partial charge in [0.25, 0.3) is 5.91 Å². The Morgan fingerprint density at radius 2 is 1.84 bits per heavy atom. The number of hydrogen-bond donors (Lipinski definition) is 3. The standard InChI is InChI=1S/C20H23F2N5O4/c1-2-15(23-18(28)9-12-7-13(21)10-14(22)8-12)19(29)24-17-11-16(25-26-17)20(30)27-3-5-31-6-4-27/h7-8,10-11,15H,2-6,9H2,1H3,(H,23,28)(H2,24,25,26,29). The normalized spacial score (nSPS) is 14.7. The summed E-state index contributed by atoms with van der Waals surface area (Å²) in [5, 5.41) is 11.6. The zero-order valence-electron chi connectivity index (χ0n) is 16.9. The Kier molecular flexibility index (Phi) is 7.29. The number of carbonyl (C=O) groups excluding carboxylic acids is 3. The van der Waals surface area contributed by atoms with Gasteiger partial charge in [-0.1, -0.05) is 6.92 Å². The summed E-state index contributed by atoms with van der Waals surface area (Å²) in [6.07, 6.45) is -0.00185. The van der Waals surface area contributed by atoms with E-state index in [2.05, 4.69) is 20.8 Å². The van der Waals surface area contributed by atoms with Gasteiger partial charge < -0.3 is 20.3 Å². The molecule has 1 aliphatic heterocycles. The fourth-order valence-corrected chi connectivity index (χ4v) is 3.14. The zero-order chi connectivity index (χ0) is 22.4. The van der Waals surface area contributed by atoms with Crippen LogP contribution in [-0.4, -0.2) is 65.2 Å². The lowest BCUT2D eigenvalue weighted by Crippen LogP contribution is -2.44. The van der Waals surface area contributed by atoms with Crippen molar-refractivity contribution < 1.29 is 27.9 Å². The molecule has 0 radical (unpaired) electrons. The molecule has 3 amide bonds. The Labute approximate surface area is 177 Å². The van der Waals surface area contributed by atoms with E-state index >= 15 is 0 Å². The predicted molar refractivity (Wildman–Crippen MR) is 106 cm³/mol. The molecule has 1 atom stereocenters. The molecule has 3 N–H and O–H groups in total. The van der Waals surface area contributed by atoms with Crippen molar-refractivity contribution in [3.63, 3.8) is 0 Å². The fourth-order valence-electron chi connectivity index (χ4n) is 3.14. The first-order valence-corrected chi connectivity index (χ1v) is 9.83. The summed E-state index contributed by atoms with van der Waals surface area (Å²) in [5.74, 6) is -2.77. The van der Waals surface area contributed by atoms with Crippen LogP contribution in [0.15, 0.2) is 24.3 Å². The number of rotatable bonds is 7. The Bertz CT molecular complexity index is 939. The molecule has 1 aliphatic rings. The van der Waals surface area contributed by atoms with Gasteiger partial charge in [-0.25, -0.2) is 8.78 Å². The molecule has 1 fully saturated rings. The average molecular weight is 435 g/mol. The molecule has 1 aromatic heterocycles. The van der Waals surface area contributed by atoms with Gasteiger partial charge in [0.05, 0.1) is 19.6 Å². The van der Waals surface area contributed by atoms with Crippen molar-refractivity contribution in [1.29, 1.82) is 0 Å². The smallest absolute Gasteiger partial charge is 0.272 e. The van der Waals surface area contributed by atoms with Gasteiger partial charge in [-0.05, 0) is 24.1 Å². The van der Waals surface area contributed by atoms with Crippen LogP contribution in [0.5, 0.6) is 0 Å². The number of morpholine rings is 1. The van der Waals surface area contributed by atoms with Gasteiger partial charge in [-0.3, -0.25) is 19.5 Å². The number of aromatic nitrogens is 2. The van der Waals surface area contributed by atoms with Crippen molar-refractivity contribution >= 4 is 23.5 Å². The third kappa shape index (κ3) is 6.07. The van der Waals surface area contributed by atoms with Crippen molar-refractivity contribution in [3.05, 3.63) is 47.2 Å². The number of nitrogens with zero attached hydrogens (tertiary/aromatic N) is 2. The number of anilines is 1. The minimum atomic E-state index is -0.888. The summed E-state index contributed by atoms with van der Waals surface area (Å²) >= 11 is 0. The molecule has 1 unspecified atom stereocenters. The summed E-state index contributed by atoms with van der Waals surface area (Å²) in [4.78, 5) is 38.8. The van der Waals surface area contributed by atoms with Gasteiger partial charge in [0, 0.05) is 25.2 Å². The van der Waals surface area contributed by atoms with Crippen LogP contribution in [0.3, 0.4) is 0 Å². The Balaban J connectivity index is 1.56. The van der Waals surface area contributed by atoms with Crippen LogP contribution in [0, 0.1) is 11.6 Å². The van der Waals surface area contributed by atoms with E-state index in [9.17, 15) is 23.2 Å². The quantitative estimate of drug-likeness (QED) is 0.605. The molecular weight excluding hydrogens is 412 g/mol. The molecule has 2 heterocycles. The second kappa shape index (κ2) is 10.1. The summed E-state index contributed by atoms with van der Waals surface area (Å²) in [6.45, 7) is 3.56. The molecule has 0 aliphatic carbocycles. The second-order valence-electron chi connectivity index (χ2n) is 7.04. The highest BCUT2D eigenvalue weighted by Crippen LogP contribution is 2.12. The largest absolute Gasteiger partial charge is 0.378 e. The van der Waals surface area contributed by atoms with E-state index in [1.165, 1.54) is 6.07 Å². The first kappa shape index (κ1) is 22.3. The van der Waals surface area contributed by atoms with Crippen LogP contribution in [0.2, 0.25) is 0 Å². The van der Waals surface area contributed by atoms with E-state index in [0.717, 1.165) is 12.1 Å². The summed E-state index contributed by atoms with van der Waals surface area (Å²) in [6, 6.07) is 3.35. The average Bonchev–Trinajstić information content (AvgIpc) is 3.19. The maximum absolute atomic E-state index is 13.3. The molecule has 3 rings (SSSR count). The minimum absolute atomic E-state index is 0.140. The summed E-state index contributed by atoms with van der Waals surface area (Å²) in [7, 11) is 0. The van der Waals surface area contributed by atoms with E-state index < -0.39 is 29.5 Å². The number of benzene rings is 1.